The average molecular weight is 556 g/mol. The maximum atomic E-state index is 13.8. The number of hydrogen-bond acceptors (Lipinski definition) is 12. The smallest absolute Gasteiger partial charge is 0.459 e. The largest absolute Gasteiger partial charge is 0.481 e. The minimum atomic E-state index is -4.24. The molecule has 2 aromatic rings. The number of nitrogens with zero attached hydrogens (tertiary/aromatic N) is 2. The van der Waals surface area contributed by atoms with E-state index in [1.54, 1.807) is 44.2 Å². The van der Waals surface area contributed by atoms with Gasteiger partial charge in [-0.05, 0) is 39.8 Å². The molecule has 1 fully saturated rings. The Morgan fingerprint density at radius 2 is 1.87 bits per heavy atom. The zero-order valence-corrected chi connectivity index (χ0v) is 23.0. The second-order valence-electron chi connectivity index (χ2n) is 9.12. The molecule has 2 heterocycles. The summed E-state index contributed by atoms with van der Waals surface area (Å²) in [7, 11) is -1.48. The van der Waals surface area contributed by atoms with Gasteiger partial charge in [0.15, 0.2) is 0 Å². The Hall–Kier alpha value is -2.80. The van der Waals surface area contributed by atoms with Gasteiger partial charge in [0.25, 0.3) is 0 Å². The van der Waals surface area contributed by atoms with Crippen molar-refractivity contribution in [2.24, 2.45) is 0 Å². The van der Waals surface area contributed by atoms with Crippen molar-refractivity contribution < 1.29 is 47.6 Å². The summed E-state index contributed by atoms with van der Waals surface area (Å²) in [6.45, 7) is 5.80. The summed E-state index contributed by atoms with van der Waals surface area (Å²) < 4.78 is 46.5. The van der Waals surface area contributed by atoms with Gasteiger partial charge < -0.3 is 33.7 Å². The van der Waals surface area contributed by atoms with E-state index in [4.69, 9.17) is 28.0 Å². The second-order valence-corrected chi connectivity index (χ2v) is 10.8. The fourth-order valence-electron chi connectivity index (χ4n) is 3.69. The van der Waals surface area contributed by atoms with Crippen molar-refractivity contribution in [2.75, 3.05) is 20.8 Å². The van der Waals surface area contributed by atoms with E-state index in [9.17, 15) is 19.6 Å². The standard InChI is InChI=1S/C24H34N3O10P/c1-14(2)35-22(30)15(3)27-38(31,37-16-10-8-7-9-11-16)34-13-24(4)20(29)18(28)19(36-24)17-12-25-23(33-6)26-21(17)32-5/h7-12,14-15,18-20,28-29H,13H2,1-6H3,(H,27,31)/t15-,18-,19-,20-,24+,38-/m0/s1. The summed E-state index contributed by atoms with van der Waals surface area (Å²) >= 11 is 0. The van der Waals surface area contributed by atoms with Crippen LogP contribution in [0, 0.1) is 0 Å². The van der Waals surface area contributed by atoms with E-state index in [1.807, 2.05) is 0 Å². The fourth-order valence-corrected chi connectivity index (χ4v) is 5.27. The first-order valence-electron chi connectivity index (χ1n) is 11.9. The molecule has 1 aromatic heterocycles. The molecule has 1 saturated heterocycles. The Bertz CT molecular complexity index is 1140. The Kier molecular flexibility index (Phi) is 9.69. The molecule has 1 aromatic carbocycles. The summed E-state index contributed by atoms with van der Waals surface area (Å²) in [5.74, 6) is -0.370. The third-order valence-corrected chi connectivity index (χ3v) is 7.27. The number of ether oxygens (including phenoxy) is 4. The van der Waals surface area contributed by atoms with Crippen molar-refractivity contribution >= 4 is 13.7 Å². The van der Waals surface area contributed by atoms with Crippen molar-refractivity contribution in [3.63, 3.8) is 0 Å². The number of hydrogen-bond donors (Lipinski definition) is 3. The number of aliphatic hydroxyl groups excluding tert-OH is 2. The van der Waals surface area contributed by atoms with E-state index in [1.165, 1.54) is 34.3 Å². The number of carbonyl (C=O) groups excluding carboxylic acids is 1. The minimum absolute atomic E-state index is 0.0416. The van der Waals surface area contributed by atoms with Crippen molar-refractivity contribution in [3.8, 4) is 17.6 Å². The topological polar surface area (TPSA) is 168 Å². The monoisotopic (exact) mass is 555 g/mol. The van der Waals surface area contributed by atoms with Crippen LogP contribution in [0.4, 0.5) is 0 Å². The molecule has 3 rings (SSSR count). The highest BCUT2D eigenvalue weighted by Gasteiger charge is 2.54. The summed E-state index contributed by atoms with van der Waals surface area (Å²) in [5.41, 5.74) is -1.30. The van der Waals surface area contributed by atoms with Gasteiger partial charge in [-0.25, -0.2) is 9.55 Å². The van der Waals surface area contributed by atoms with Gasteiger partial charge in [-0.2, -0.15) is 10.1 Å². The van der Waals surface area contributed by atoms with Crippen LogP contribution in [0.25, 0.3) is 0 Å². The quantitative estimate of drug-likeness (QED) is 0.258. The van der Waals surface area contributed by atoms with E-state index < -0.39 is 50.3 Å². The molecule has 3 N–H and O–H groups in total. The molecule has 0 amide bonds. The summed E-state index contributed by atoms with van der Waals surface area (Å²) in [6.07, 6.45) is -3.06. The SMILES string of the molecule is COc1ncc([C@@H]2O[C@](C)(CO[P@@](=O)(N[C@@H](C)C(=O)OC(C)C)Oc3ccccc3)[C@@H](O)[C@H]2O)c(OC)n1. The van der Waals surface area contributed by atoms with Crippen molar-refractivity contribution in [1.82, 2.24) is 15.1 Å². The van der Waals surface area contributed by atoms with E-state index in [2.05, 4.69) is 15.1 Å². The number of methoxy groups -OCH3 is 2. The molecule has 0 bridgehead atoms. The van der Waals surface area contributed by atoms with Crippen LogP contribution in [0.2, 0.25) is 0 Å². The number of nitrogens with one attached hydrogen (secondary N) is 1. The lowest BCUT2D eigenvalue weighted by Crippen LogP contribution is -2.45. The van der Waals surface area contributed by atoms with Gasteiger partial charge in [0.05, 0.1) is 32.5 Å². The molecular formula is C24H34N3O10P. The predicted molar refractivity (Wildman–Crippen MR) is 134 cm³/mol. The molecule has 6 atom stereocenters. The molecule has 0 spiro atoms. The molecular weight excluding hydrogens is 521 g/mol. The molecule has 14 heteroatoms. The van der Waals surface area contributed by atoms with Crippen LogP contribution < -0.4 is 19.1 Å². The van der Waals surface area contributed by atoms with E-state index in [-0.39, 0.29) is 29.3 Å². The second kappa shape index (κ2) is 12.4. The highest BCUT2D eigenvalue weighted by Crippen LogP contribution is 2.49. The van der Waals surface area contributed by atoms with E-state index in [0.29, 0.717) is 0 Å². The summed E-state index contributed by atoms with van der Waals surface area (Å²) in [6, 6.07) is 7.20. The number of aliphatic hydroxyl groups is 2. The van der Waals surface area contributed by atoms with Crippen LogP contribution in [0.5, 0.6) is 17.6 Å². The van der Waals surface area contributed by atoms with Gasteiger partial charge in [-0.15, -0.1) is 0 Å². The number of para-hydroxylation sites is 1. The van der Waals surface area contributed by atoms with Crippen LogP contribution >= 0.6 is 7.75 Å². The van der Waals surface area contributed by atoms with E-state index in [0.717, 1.165) is 0 Å². The lowest BCUT2D eigenvalue weighted by atomic mass is 9.96. The Morgan fingerprint density at radius 1 is 1.18 bits per heavy atom. The zero-order valence-electron chi connectivity index (χ0n) is 22.1. The Labute approximate surface area is 221 Å². The van der Waals surface area contributed by atoms with E-state index >= 15 is 0 Å². The third kappa shape index (κ3) is 6.99. The number of carbonyl (C=O) groups is 1. The van der Waals surface area contributed by atoms with Gasteiger partial charge in [0.2, 0.25) is 5.88 Å². The average Bonchev–Trinajstić information content (AvgIpc) is 3.11. The maximum Gasteiger partial charge on any atom is 0.459 e. The number of esters is 1. The van der Waals surface area contributed by atoms with Crippen molar-refractivity contribution in [1.29, 1.82) is 0 Å². The lowest BCUT2D eigenvalue weighted by molar-refractivity contribution is -0.149. The Balaban J connectivity index is 1.82. The highest BCUT2D eigenvalue weighted by atomic mass is 31.2. The fraction of sp³-hybridized carbons (Fsp3) is 0.542. The van der Waals surface area contributed by atoms with Gasteiger partial charge in [-0.3, -0.25) is 9.32 Å². The predicted octanol–water partition coefficient (Wildman–Crippen LogP) is 2.18. The first kappa shape index (κ1) is 29.8. The first-order chi connectivity index (χ1) is 17.9. The molecule has 0 unspecified atom stereocenters. The van der Waals surface area contributed by atoms with Crippen LogP contribution in [-0.4, -0.2) is 76.9 Å². The first-order valence-corrected chi connectivity index (χ1v) is 13.4. The van der Waals surface area contributed by atoms with Gasteiger partial charge >= 0.3 is 19.7 Å². The van der Waals surface area contributed by atoms with Gasteiger partial charge in [-0.1, -0.05) is 18.2 Å². The number of benzene rings is 1. The van der Waals surface area contributed by atoms with Gasteiger partial charge in [0.1, 0.15) is 35.7 Å². The van der Waals surface area contributed by atoms with Crippen molar-refractivity contribution in [3.05, 3.63) is 42.1 Å². The number of aromatic nitrogens is 2. The molecule has 210 valence electrons. The minimum Gasteiger partial charge on any atom is -0.481 e. The molecule has 0 radical (unpaired) electrons. The van der Waals surface area contributed by atoms with Crippen LogP contribution in [0.1, 0.15) is 39.4 Å². The van der Waals surface area contributed by atoms with Crippen LogP contribution in [0.15, 0.2) is 36.5 Å². The normalized spacial score (nSPS) is 25.4. The van der Waals surface area contributed by atoms with Crippen molar-refractivity contribution in [2.45, 2.75) is 63.8 Å². The maximum absolute atomic E-state index is 13.8. The molecule has 1 aliphatic rings. The third-order valence-electron chi connectivity index (χ3n) is 5.64. The molecule has 0 aliphatic carbocycles. The molecule has 1 aliphatic heterocycles. The Morgan fingerprint density at radius 3 is 2.47 bits per heavy atom. The number of rotatable bonds is 12. The van der Waals surface area contributed by atoms with Crippen LogP contribution in [-0.2, 0) is 23.4 Å². The van der Waals surface area contributed by atoms with Crippen LogP contribution in [0.3, 0.4) is 0 Å². The highest BCUT2D eigenvalue weighted by molar-refractivity contribution is 7.52. The summed E-state index contributed by atoms with van der Waals surface area (Å²) in [4.78, 5) is 20.5. The summed E-state index contributed by atoms with van der Waals surface area (Å²) in [5, 5.41) is 24.3. The van der Waals surface area contributed by atoms with Gasteiger partial charge in [0, 0.05) is 6.20 Å². The zero-order chi connectivity index (χ0) is 28.1. The molecule has 0 saturated carbocycles. The lowest BCUT2D eigenvalue weighted by Gasteiger charge is -2.30. The molecule has 13 nitrogen and oxygen atoms in total. The molecule has 38 heavy (non-hydrogen) atoms.